The van der Waals surface area contributed by atoms with Crippen molar-refractivity contribution in [2.75, 3.05) is 29.9 Å². The van der Waals surface area contributed by atoms with Gasteiger partial charge in [-0.3, -0.25) is 14.4 Å². The van der Waals surface area contributed by atoms with E-state index in [4.69, 9.17) is 27.9 Å². The molecule has 1 aromatic heterocycles. The Morgan fingerprint density at radius 2 is 1.86 bits per heavy atom. The summed E-state index contributed by atoms with van der Waals surface area (Å²) >= 11 is 11.9. The van der Waals surface area contributed by atoms with Gasteiger partial charge in [0.1, 0.15) is 5.75 Å². The molecule has 4 rings (SSSR count). The fourth-order valence-electron chi connectivity index (χ4n) is 3.86. The monoisotopic (exact) mass is 529 g/mol. The van der Waals surface area contributed by atoms with Crippen molar-refractivity contribution < 1.29 is 19.1 Å². The third-order valence-electron chi connectivity index (χ3n) is 5.61. The molecular weight excluding hydrogens is 505 g/mol. The van der Waals surface area contributed by atoms with Crippen molar-refractivity contribution in [2.24, 2.45) is 5.92 Å². The zero-order valence-electron chi connectivity index (χ0n) is 19.3. The number of halogens is 2. The van der Waals surface area contributed by atoms with Crippen LogP contribution in [0, 0.1) is 5.92 Å². The average molecular weight is 530 g/mol. The van der Waals surface area contributed by atoms with Gasteiger partial charge in [-0.25, -0.2) is 4.98 Å². The molecule has 1 aliphatic rings. The molecule has 1 atom stereocenters. The minimum absolute atomic E-state index is 0.109. The quantitative estimate of drug-likeness (QED) is 0.389. The lowest BCUT2D eigenvalue weighted by atomic mass is 10.1. The highest BCUT2D eigenvalue weighted by atomic mass is 35.5. The molecule has 2 aromatic carbocycles. The molecule has 188 valence electrons. The first kappa shape index (κ1) is 25.5. The van der Waals surface area contributed by atoms with Gasteiger partial charge in [0, 0.05) is 59.9 Å². The number of aromatic nitrogens is 2. The molecule has 2 N–H and O–H groups in total. The minimum Gasteiger partial charge on any atom is -0.484 e. The number of carbonyl (C=O) groups is 3. The van der Waals surface area contributed by atoms with Crippen molar-refractivity contribution in [2.45, 2.75) is 19.4 Å². The van der Waals surface area contributed by atoms with Gasteiger partial charge < -0.3 is 24.8 Å². The Morgan fingerprint density at radius 1 is 1.11 bits per heavy atom. The Bertz CT molecular complexity index is 1200. The van der Waals surface area contributed by atoms with Gasteiger partial charge in [-0.05, 0) is 48.9 Å². The summed E-state index contributed by atoms with van der Waals surface area (Å²) in [6.07, 6.45) is 6.26. The van der Waals surface area contributed by atoms with Crippen LogP contribution in [0.5, 0.6) is 5.75 Å². The highest BCUT2D eigenvalue weighted by molar-refractivity contribution is 6.35. The molecule has 0 bridgehead atoms. The number of anilines is 2. The fraction of sp³-hybridized carbons (Fsp3) is 0.280. The third kappa shape index (κ3) is 6.99. The van der Waals surface area contributed by atoms with Crippen LogP contribution in [-0.4, -0.2) is 47.0 Å². The van der Waals surface area contributed by atoms with Crippen LogP contribution in [-0.2, 0) is 20.9 Å². The number of hydrogen-bond acceptors (Lipinski definition) is 5. The molecule has 36 heavy (non-hydrogen) atoms. The van der Waals surface area contributed by atoms with Crippen LogP contribution in [0.2, 0.25) is 10.0 Å². The van der Waals surface area contributed by atoms with Crippen LogP contribution in [0.3, 0.4) is 0 Å². The maximum absolute atomic E-state index is 12.5. The normalized spacial score (nSPS) is 15.1. The minimum atomic E-state index is -0.398. The van der Waals surface area contributed by atoms with Gasteiger partial charge in [0.2, 0.25) is 11.8 Å². The highest BCUT2D eigenvalue weighted by Gasteiger charge is 2.34. The van der Waals surface area contributed by atoms with Crippen LogP contribution in [0.25, 0.3) is 0 Å². The van der Waals surface area contributed by atoms with Crippen molar-refractivity contribution >= 4 is 52.3 Å². The van der Waals surface area contributed by atoms with Crippen molar-refractivity contribution in [3.8, 4) is 5.75 Å². The first-order valence-electron chi connectivity index (χ1n) is 11.4. The van der Waals surface area contributed by atoms with E-state index in [1.165, 1.54) is 0 Å². The molecular formula is C25H25Cl2N5O4. The van der Waals surface area contributed by atoms with Gasteiger partial charge in [0.25, 0.3) is 5.91 Å². The predicted octanol–water partition coefficient (Wildman–Crippen LogP) is 3.77. The van der Waals surface area contributed by atoms with Crippen LogP contribution in [0.4, 0.5) is 11.4 Å². The van der Waals surface area contributed by atoms with E-state index in [-0.39, 0.29) is 30.7 Å². The number of aryl methyl sites for hydroxylation is 1. The largest absolute Gasteiger partial charge is 0.484 e. The molecule has 3 aromatic rings. The van der Waals surface area contributed by atoms with Gasteiger partial charge in [-0.2, -0.15) is 0 Å². The molecule has 0 spiro atoms. The lowest BCUT2D eigenvalue weighted by Crippen LogP contribution is -2.33. The summed E-state index contributed by atoms with van der Waals surface area (Å²) < 4.78 is 7.48. The van der Waals surface area contributed by atoms with Crippen molar-refractivity contribution in [1.82, 2.24) is 14.9 Å². The van der Waals surface area contributed by atoms with E-state index in [1.807, 2.05) is 10.8 Å². The molecule has 0 radical (unpaired) electrons. The summed E-state index contributed by atoms with van der Waals surface area (Å²) in [4.78, 5) is 42.8. The van der Waals surface area contributed by atoms with Crippen LogP contribution in [0.15, 0.2) is 61.2 Å². The Hall–Kier alpha value is -3.56. The number of nitrogens with zero attached hydrogens (tertiary/aromatic N) is 3. The van der Waals surface area contributed by atoms with Crippen molar-refractivity contribution in [3.05, 3.63) is 71.2 Å². The Labute approximate surface area is 218 Å². The first-order chi connectivity index (χ1) is 17.4. The SMILES string of the molecule is O=C(COc1ccc(N2C[C@H](C(=O)NCCCn3ccnc3)CC2=O)cc1)Nc1cc(Cl)cc(Cl)c1. The maximum atomic E-state index is 12.5. The average Bonchev–Trinajstić information content (AvgIpc) is 3.50. The van der Waals surface area contributed by atoms with Gasteiger partial charge in [-0.1, -0.05) is 23.2 Å². The predicted molar refractivity (Wildman–Crippen MR) is 137 cm³/mol. The number of ether oxygens (including phenoxy) is 1. The molecule has 0 unspecified atom stereocenters. The summed E-state index contributed by atoms with van der Waals surface area (Å²) in [5.74, 6) is -0.529. The van der Waals surface area contributed by atoms with E-state index < -0.39 is 5.92 Å². The van der Waals surface area contributed by atoms with Crippen molar-refractivity contribution in [3.63, 3.8) is 0 Å². The second-order valence-electron chi connectivity index (χ2n) is 8.34. The van der Waals surface area contributed by atoms with Crippen LogP contribution in [0.1, 0.15) is 12.8 Å². The molecule has 2 heterocycles. The summed E-state index contributed by atoms with van der Waals surface area (Å²) in [5, 5.41) is 6.41. The number of imidazole rings is 1. The van der Waals surface area contributed by atoms with E-state index in [0.29, 0.717) is 40.3 Å². The van der Waals surface area contributed by atoms with Crippen LogP contribution >= 0.6 is 23.2 Å². The topological polar surface area (TPSA) is 106 Å². The number of nitrogens with one attached hydrogen (secondary N) is 2. The molecule has 1 fully saturated rings. The van der Waals surface area contributed by atoms with E-state index in [0.717, 1.165) is 13.0 Å². The number of amides is 3. The molecule has 11 heteroatoms. The zero-order valence-corrected chi connectivity index (χ0v) is 20.8. The Kier molecular flexibility index (Phi) is 8.45. The summed E-state index contributed by atoms with van der Waals surface area (Å²) in [7, 11) is 0. The van der Waals surface area contributed by atoms with Crippen LogP contribution < -0.4 is 20.3 Å². The van der Waals surface area contributed by atoms with Gasteiger partial charge in [0.15, 0.2) is 6.61 Å². The fourth-order valence-corrected chi connectivity index (χ4v) is 4.39. The molecule has 9 nitrogen and oxygen atoms in total. The van der Waals surface area contributed by atoms with E-state index in [9.17, 15) is 14.4 Å². The molecule has 0 saturated carbocycles. The third-order valence-corrected chi connectivity index (χ3v) is 6.05. The summed E-state index contributed by atoms with van der Waals surface area (Å²) in [6.45, 7) is 1.40. The zero-order chi connectivity index (χ0) is 25.5. The Morgan fingerprint density at radius 3 is 2.56 bits per heavy atom. The number of hydrogen-bond donors (Lipinski definition) is 2. The second kappa shape index (κ2) is 11.9. The van der Waals surface area contributed by atoms with Gasteiger partial charge in [0.05, 0.1) is 12.2 Å². The van der Waals surface area contributed by atoms with E-state index in [1.54, 1.807) is 59.9 Å². The van der Waals surface area contributed by atoms with E-state index >= 15 is 0 Å². The standard InChI is InChI=1S/C25H25Cl2N5O4/c26-18-11-19(27)13-20(12-18)30-23(33)15-36-22-4-2-21(3-5-22)32-14-17(10-24(32)34)25(35)29-6-1-8-31-9-7-28-16-31/h2-5,7,9,11-13,16-17H,1,6,8,10,14-15H2,(H,29,35)(H,30,33)/t17-/m1/s1. The smallest absolute Gasteiger partial charge is 0.262 e. The molecule has 1 aliphatic heterocycles. The second-order valence-corrected chi connectivity index (χ2v) is 9.21. The number of carbonyl (C=O) groups excluding carboxylic acids is 3. The summed E-state index contributed by atoms with van der Waals surface area (Å²) in [5.41, 5.74) is 1.14. The van der Waals surface area contributed by atoms with E-state index in [2.05, 4.69) is 15.6 Å². The Balaban J connectivity index is 1.22. The van der Waals surface area contributed by atoms with Crippen molar-refractivity contribution in [1.29, 1.82) is 0 Å². The van der Waals surface area contributed by atoms with Gasteiger partial charge >= 0.3 is 0 Å². The number of rotatable bonds is 10. The summed E-state index contributed by atoms with van der Waals surface area (Å²) in [6, 6.07) is 11.6. The lowest BCUT2D eigenvalue weighted by molar-refractivity contribution is -0.126. The van der Waals surface area contributed by atoms with Gasteiger partial charge in [-0.15, -0.1) is 0 Å². The first-order valence-corrected chi connectivity index (χ1v) is 12.2. The molecule has 0 aliphatic carbocycles. The maximum Gasteiger partial charge on any atom is 0.262 e. The molecule has 3 amide bonds. The molecule has 1 saturated heterocycles. The highest BCUT2D eigenvalue weighted by Crippen LogP contribution is 2.27. The lowest BCUT2D eigenvalue weighted by Gasteiger charge is -2.17. The number of benzene rings is 2.